The minimum Gasteiger partial charge on any atom is -0.388 e. The third-order valence-corrected chi connectivity index (χ3v) is 9.48. The third-order valence-electron chi connectivity index (χ3n) is 9.24. The van der Waals surface area contributed by atoms with Gasteiger partial charge in [-0.2, -0.15) is 0 Å². The van der Waals surface area contributed by atoms with Crippen molar-refractivity contribution in [1.29, 1.82) is 0 Å². The van der Waals surface area contributed by atoms with E-state index < -0.39 is 61.1 Å². The number of benzene rings is 4. The summed E-state index contributed by atoms with van der Waals surface area (Å²) in [6.45, 7) is 1.24. The zero-order valence-electron chi connectivity index (χ0n) is 28.6. The lowest BCUT2D eigenvalue weighted by atomic mass is 9.97. The van der Waals surface area contributed by atoms with Crippen LogP contribution in [0.1, 0.15) is 22.3 Å². The SMILES string of the molecule is O[C@H]1[C@H](O)[C@@H](O)C(NC(=S)N[C@H]2O[C@H](COCc3ccccc3)[C@@H](OCc3ccccc3)[C@H](OCc3ccccc3)[C@H]2OCc2ccccc2)[C@@H]1O. The van der Waals surface area contributed by atoms with E-state index in [1.807, 2.05) is 121 Å². The van der Waals surface area contributed by atoms with Crippen molar-refractivity contribution < 1.29 is 44.1 Å². The summed E-state index contributed by atoms with van der Waals surface area (Å²) in [7, 11) is 0. The van der Waals surface area contributed by atoms with Crippen molar-refractivity contribution in [3.05, 3.63) is 144 Å². The Morgan fingerprint density at radius 2 is 0.923 bits per heavy atom. The molecule has 9 atom stereocenters. The zero-order valence-corrected chi connectivity index (χ0v) is 29.4. The highest BCUT2D eigenvalue weighted by Gasteiger charge is 2.51. The molecule has 0 radical (unpaired) electrons. The Labute approximate surface area is 309 Å². The van der Waals surface area contributed by atoms with Crippen LogP contribution in [0.5, 0.6) is 0 Å². The van der Waals surface area contributed by atoms with Gasteiger partial charge in [0.05, 0.1) is 39.1 Å². The van der Waals surface area contributed by atoms with Crippen LogP contribution in [0.3, 0.4) is 0 Å². The lowest BCUT2D eigenvalue weighted by Crippen LogP contribution is -2.66. The van der Waals surface area contributed by atoms with Gasteiger partial charge in [-0.05, 0) is 34.5 Å². The Kier molecular flexibility index (Phi) is 13.7. The molecule has 1 aliphatic carbocycles. The van der Waals surface area contributed by atoms with E-state index in [0.717, 1.165) is 22.3 Å². The first-order valence-electron chi connectivity index (χ1n) is 17.4. The molecule has 1 saturated heterocycles. The summed E-state index contributed by atoms with van der Waals surface area (Å²) in [4.78, 5) is 0. The van der Waals surface area contributed by atoms with E-state index in [1.165, 1.54) is 0 Å². The monoisotopic (exact) mass is 730 g/mol. The van der Waals surface area contributed by atoms with Crippen molar-refractivity contribution in [2.45, 2.75) is 87.5 Å². The molecule has 12 heteroatoms. The fourth-order valence-electron chi connectivity index (χ4n) is 6.43. The van der Waals surface area contributed by atoms with Gasteiger partial charge in [-0.3, -0.25) is 0 Å². The second kappa shape index (κ2) is 18.8. The van der Waals surface area contributed by atoms with Gasteiger partial charge < -0.3 is 54.7 Å². The molecular weight excluding hydrogens is 685 g/mol. The third kappa shape index (κ3) is 10.00. The molecule has 6 N–H and O–H groups in total. The van der Waals surface area contributed by atoms with E-state index in [1.54, 1.807) is 0 Å². The Hall–Kier alpha value is -3.79. The second-order valence-corrected chi connectivity index (χ2v) is 13.4. The quantitative estimate of drug-likeness (QED) is 0.0999. The molecule has 2 aliphatic rings. The van der Waals surface area contributed by atoms with Gasteiger partial charge in [0, 0.05) is 0 Å². The van der Waals surface area contributed by atoms with Crippen LogP contribution in [-0.4, -0.2) is 93.2 Å². The summed E-state index contributed by atoms with van der Waals surface area (Å²) in [5, 5.41) is 47.4. The minimum absolute atomic E-state index is 0.00266. The Morgan fingerprint density at radius 1 is 0.519 bits per heavy atom. The van der Waals surface area contributed by atoms with Crippen molar-refractivity contribution in [3.8, 4) is 0 Å². The number of hydrogen-bond donors (Lipinski definition) is 6. The maximum absolute atomic E-state index is 10.5. The number of nitrogens with one attached hydrogen (secondary N) is 2. The van der Waals surface area contributed by atoms with Crippen LogP contribution in [0.4, 0.5) is 0 Å². The standard InChI is InChI=1S/C40H46N2O9S/c43-32-31(33(44)35(46)34(32)45)41-40(52)42-39-38(50-24-29-19-11-4-12-20-29)37(49-23-28-17-9-3-10-18-28)36(48-22-27-15-7-2-8-16-27)30(51-39)25-47-21-26-13-5-1-6-14-26/h1-20,30-39,43-46H,21-25H2,(H2,41,42,52)/t30-,32+,33+,34-,35-,36-,37+,38-,39+/m1/s1. The highest BCUT2D eigenvalue weighted by atomic mass is 32.1. The van der Waals surface area contributed by atoms with Gasteiger partial charge >= 0.3 is 0 Å². The lowest BCUT2D eigenvalue weighted by Gasteiger charge is -2.46. The first-order valence-corrected chi connectivity index (χ1v) is 17.8. The van der Waals surface area contributed by atoms with E-state index in [-0.39, 0.29) is 31.5 Å². The van der Waals surface area contributed by atoms with Crippen molar-refractivity contribution in [3.63, 3.8) is 0 Å². The smallest absolute Gasteiger partial charge is 0.168 e. The number of thiocarbonyl (C=S) groups is 1. The van der Waals surface area contributed by atoms with Crippen molar-refractivity contribution in [2.75, 3.05) is 6.61 Å². The Morgan fingerprint density at radius 3 is 1.38 bits per heavy atom. The molecule has 52 heavy (non-hydrogen) atoms. The maximum Gasteiger partial charge on any atom is 0.168 e. The Balaban J connectivity index is 1.30. The zero-order chi connectivity index (χ0) is 36.3. The van der Waals surface area contributed by atoms with Crippen molar-refractivity contribution >= 4 is 17.3 Å². The van der Waals surface area contributed by atoms with E-state index in [0.29, 0.717) is 6.61 Å². The van der Waals surface area contributed by atoms with E-state index in [2.05, 4.69) is 10.6 Å². The van der Waals surface area contributed by atoms with Crippen molar-refractivity contribution in [2.24, 2.45) is 0 Å². The number of hydrogen-bond acceptors (Lipinski definition) is 10. The van der Waals surface area contributed by atoms with Gasteiger partial charge in [-0.1, -0.05) is 121 Å². The number of aliphatic hydroxyl groups is 4. The van der Waals surface area contributed by atoms with Crippen LogP contribution in [0, 0.1) is 0 Å². The molecule has 1 heterocycles. The summed E-state index contributed by atoms with van der Waals surface area (Å²) in [5.74, 6) is 0. The first-order chi connectivity index (χ1) is 25.4. The second-order valence-electron chi connectivity index (χ2n) is 13.0. The number of aliphatic hydroxyl groups excluding tert-OH is 4. The molecule has 276 valence electrons. The van der Waals surface area contributed by atoms with Gasteiger partial charge in [0.1, 0.15) is 48.8 Å². The summed E-state index contributed by atoms with van der Waals surface area (Å²) in [5.41, 5.74) is 3.86. The molecule has 11 nitrogen and oxygen atoms in total. The molecule has 0 spiro atoms. The molecule has 0 unspecified atom stereocenters. The largest absolute Gasteiger partial charge is 0.388 e. The molecule has 0 bridgehead atoms. The van der Waals surface area contributed by atoms with Gasteiger partial charge in [0.2, 0.25) is 0 Å². The van der Waals surface area contributed by atoms with E-state index in [9.17, 15) is 20.4 Å². The van der Waals surface area contributed by atoms with Crippen LogP contribution in [0.25, 0.3) is 0 Å². The molecule has 1 saturated carbocycles. The fourth-order valence-corrected chi connectivity index (χ4v) is 6.68. The molecule has 1 aliphatic heterocycles. The number of rotatable bonds is 15. The Bertz CT molecular complexity index is 1630. The molecular formula is C40H46N2O9S. The minimum atomic E-state index is -1.55. The molecule has 4 aromatic rings. The van der Waals surface area contributed by atoms with E-state index in [4.69, 9.17) is 35.9 Å². The van der Waals surface area contributed by atoms with Crippen LogP contribution in [-0.2, 0) is 50.1 Å². The van der Waals surface area contributed by atoms with Crippen LogP contribution < -0.4 is 10.6 Å². The van der Waals surface area contributed by atoms with Crippen LogP contribution in [0.15, 0.2) is 121 Å². The van der Waals surface area contributed by atoms with Gasteiger partial charge in [-0.25, -0.2) is 0 Å². The maximum atomic E-state index is 10.5. The molecule has 2 fully saturated rings. The number of ether oxygens (including phenoxy) is 5. The molecule has 6 rings (SSSR count). The summed E-state index contributed by atoms with van der Waals surface area (Å²) in [6.07, 6.45) is -9.82. The van der Waals surface area contributed by atoms with Crippen molar-refractivity contribution in [1.82, 2.24) is 10.6 Å². The van der Waals surface area contributed by atoms with Gasteiger partial charge in [0.25, 0.3) is 0 Å². The highest BCUT2D eigenvalue weighted by Crippen LogP contribution is 2.31. The average Bonchev–Trinajstić information content (AvgIpc) is 3.35. The fraction of sp³-hybridized carbons (Fsp3) is 0.375. The normalized spacial score (nSPS) is 27.7. The average molecular weight is 731 g/mol. The van der Waals surface area contributed by atoms with Gasteiger partial charge in [0.15, 0.2) is 11.3 Å². The first kappa shape index (κ1) is 38.0. The summed E-state index contributed by atoms with van der Waals surface area (Å²) >= 11 is 5.65. The predicted octanol–water partition coefficient (Wildman–Crippen LogP) is 2.97. The summed E-state index contributed by atoms with van der Waals surface area (Å²) in [6, 6.07) is 38.0. The van der Waals surface area contributed by atoms with E-state index >= 15 is 0 Å². The highest BCUT2D eigenvalue weighted by molar-refractivity contribution is 7.80. The molecule has 0 amide bonds. The van der Waals surface area contributed by atoms with Crippen LogP contribution >= 0.6 is 12.2 Å². The van der Waals surface area contributed by atoms with Gasteiger partial charge in [-0.15, -0.1) is 0 Å². The topological polar surface area (TPSA) is 151 Å². The summed E-state index contributed by atoms with van der Waals surface area (Å²) < 4.78 is 33.0. The lowest BCUT2D eigenvalue weighted by molar-refractivity contribution is -0.275. The van der Waals surface area contributed by atoms with Crippen LogP contribution in [0.2, 0.25) is 0 Å². The molecule has 0 aromatic heterocycles. The molecule has 4 aromatic carbocycles. The predicted molar refractivity (Wildman–Crippen MR) is 197 cm³/mol.